The Labute approximate surface area is 106 Å². The smallest absolute Gasteiger partial charge is 0.0634 e. The molecular formula is C13H29N3O. The molecule has 0 aromatic heterocycles. The molecular weight excluding hydrogens is 214 g/mol. The summed E-state index contributed by atoms with van der Waals surface area (Å²) >= 11 is 0. The molecule has 0 bridgehead atoms. The number of nitrogens with two attached hydrogens (primary N) is 1. The first-order chi connectivity index (χ1) is 8.07. The Balaban J connectivity index is 2.15. The largest absolute Gasteiger partial charge is 0.379 e. The average molecular weight is 243 g/mol. The highest BCUT2D eigenvalue weighted by Gasteiger charge is 2.20. The third-order valence-electron chi connectivity index (χ3n) is 3.73. The second-order valence-electron chi connectivity index (χ2n) is 5.54. The quantitative estimate of drug-likeness (QED) is 0.717. The molecule has 1 fully saturated rings. The van der Waals surface area contributed by atoms with Gasteiger partial charge in [-0.05, 0) is 39.8 Å². The lowest BCUT2D eigenvalue weighted by atomic mass is 10.0. The lowest BCUT2D eigenvalue weighted by molar-refractivity contribution is 0.00332. The molecule has 0 spiro atoms. The average Bonchev–Trinajstić information content (AvgIpc) is 2.35. The Kier molecular flexibility index (Phi) is 6.41. The molecule has 1 rings (SSSR count). The van der Waals surface area contributed by atoms with Crippen molar-refractivity contribution in [3.8, 4) is 0 Å². The lowest BCUT2D eigenvalue weighted by Gasteiger charge is -2.36. The molecule has 0 amide bonds. The van der Waals surface area contributed by atoms with E-state index in [1.54, 1.807) is 7.11 Å². The zero-order valence-electron chi connectivity index (χ0n) is 11.7. The first kappa shape index (κ1) is 14.9. The second-order valence-corrected chi connectivity index (χ2v) is 5.54. The summed E-state index contributed by atoms with van der Waals surface area (Å²) in [7, 11) is 1.80. The zero-order valence-corrected chi connectivity index (χ0v) is 11.7. The van der Waals surface area contributed by atoms with Gasteiger partial charge in [-0.15, -0.1) is 0 Å². The Morgan fingerprint density at radius 3 is 2.06 bits per heavy atom. The van der Waals surface area contributed by atoms with Crippen LogP contribution >= 0.6 is 0 Å². The number of methoxy groups -OCH3 is 1. The van der Waals surface area contributed by atoms with E-state index < -0.39 is 0 Å². The Bertz CT molecular complexity index is 201. The van der Waals surface area contributed by atoms with Crippen molar-refractivity contribution in [2.75, 3.05) is 52.9 Å². The van der Waals surface area contributed by atoms with Gasteiger partial charge in [0.05, 0.1) is 5.60 Å². The van der Waals surface area contributed by atoms with Gasteiger partial charge in [0, 0.05) is 39.8 Å². The number of ether oxygens (including phenoxy) is 1. The van der Waals surface area contributed by atoms with Gasteiger partial charge in [0.2, 0.25) is 0 Å². The van der Waals surface area contributed by atoms with Crippen LogP contribution in [0.15, 0.2) is 0 Å². The molecule has 0 radical (unpaired) electrons. The van der Waals surface area contributed by atoms with Crippen molar-refractivity contribution in [1.29, 1.82) is 0 Å². The first-order valence-electron chi connectivity index (χ1n) is 6.77. The van der Waals surface area contributed by atoms with E-state index in [9.17, 15) is 0 Å². The van der Waals surface area contributed by atoms with E-state index in [4.69, 9.17) is 10.5 Å². The maximum atomic E-state index is 5.53. The van der Waals surface area contributed by atoms with Gasteiger partial charge in [0.15, 0.2) is 0 Å². The predicted molar refractivity (Wildman–Crippen MR) is 72.3 cm³/mol. The van der Waals surface area contributed by atoms with Crippen molar-refractivity contribution in [3.05, 3.63) is 0 Å². The molecule has 1 saturated heterocycles. The summed E-state index contributed by atoms with van der Waals surface area (Å²) in [6.07, 6.45) is 2.23. The molecule has 1 aliphatic rings. The zero-order chi connectivity index (χ0) is 12.7. The standard InChI is InChI=1S/C13H29N3O/c1-13(2,17-3)5-8-16-11-9-15(10-12-16)7-4-6-14/h4-12,14H2,1-3H3. The highest BCUT2D eigenvalue weighted by molar-refractivity contribution is 4.75. The van der Waals surface area contributed by atoms with Crippen molar-refractivity contribution in [3.63, 3.8) is 0 Å². The van der Waals surface area contributed by atoms with Crippen LogP contribution < -0.4 is 5.73 Å². The third kappa shape index (κ3) is 5.82. The van der Waals surface area contributed by atoms with Crippen LogP contribution in [0.2, 0.25) is 0 Å². The molecule has 1 heterocycles. The first-order valence-corrected chi connectivity index (χ1v) is 6.77. The third-order valence-corrected chi connectivity index (χ3v) is 3.73. The highest BCUT2D eigenvalue weighted by Crippen LogP contribution is 2.14. The normalized spacial score (nSPS) is 19.8. The molecule has 0 aromatic rings. The van der Waals surface area contributed by atoms with E-state index >= 15 is 0 Å². The van der Waals surface area contributed by atoms with Gasteiger partial charge in [-0.3, -0.25) is 0 Å². The number of nitrogens with zero attached hydrogens (tertiary/aromatic N) is 2. The highest BCUT2D eigenvalue weighted by atomic mass is 16.5. The molecule has 2 N–H and O–H groups in total. The van der Waals surface area contributed by atoms with Gasteiger partial charge in [-0.2, -0.15) is 0 Å². The minimum Gasteiger partial charge on any atom is -0.379 e. The van der Waals surface area contributed by atoms with Crippen LogP contribution in [0.5, 0.6) is 0 Å². The summed E-state index contributed by atoms with van der Waals surface area (Å²) in [6, 6.07) is 0. The summed E-state index contributed by atoms with van der Waals surface area (Å²) < 4.78 is 5.45. The molecule has 1 aliphatic heterocycles. The van der Waals surface area contributed by atoms with E-state index in [1.165, 1.54) is 26.2 Å². The molecule has 17 heavy (non-hydrogen) atoms. The monoisotopic (exact) mass is 243 g/mol. The molecule has 102 valence electrons. The van der Waals surface area contributed by atoms with Gasteiger partial charge in [-0.25, -0.2) is 0 Å². The lowest BCUT2D eigenvalue weighted by Crippen LogP contribution is -2.47. The number of hydrogen-bond acceptors (Lipinski definition) is 4. The van der Waals surface area contributed by atoms with Crippen molar-refractivity contribution < 1.29 is 4.74 Å². The molecule has 0 unspecified atom stereocenters. The molecule has 0 atom stereocenters. The van der Waals surface area contributed by atoms with E-state index in [2.05, 4.69) is 23.6 Å². The Morgan fingerprint density at radius 1 is 1.06 bits per heavy atom. The Hall–Kier alpha value is -0.160. The van der Waals surface area contributed by atoms with Gasteiger partial charge in [0.1, 0.15) is 0 Å². The van der Waals surface area contributed by atoms with Crippen LogP contribution in [-0.4, -0.2) is 68.3 Å². The van der Waals surface area contributed by atoms with E-state index in [0.717, 1.165) is 32.5 Å². The van der Waals surface area contributed by atoms with Crippen LogP contribution in [0.3, 0.4) is 0 Å². The minimum atomic E-state index is 0.0106. The topological polar surface area (TPSA) is 41.7 Å². The van der Waals surface area contributed by atoms with Crippen LogP contribution in [0.25, 0.3) is 0 Å². The molecule has 4 nitrogen and oxygen atoms in total. The second kappa shape index (κ2) is 7.31. The van der Waals surface area contributed by atoms with Crippen LogP contribution in [-0.2, 0) is 4.74 Å². The van der Waals surface area contributed by atoms with Gasteiger partial charge < -0.3 is 20.3 Å². The van der Waals surface area contributed by atoms with Crippen molar-refractivity contribution >= 4 is 0 Å². The fourth-order valence-electron chi connectivity index (χ4n) is 2.08. The van der Waals surface area contributed by atoms with E-state index in [1.807, 2.05) is 0 Å². The summed E-state index contributed by atoms with van der Waals surface area (Å²) in [6.45, 7) is 12.2. The number of piperazine rings is 1. The van der Waals surface area contributed by atoms with Gasteiger partial charge >= 0.3 is 0 Å². The summed E-state index contributed by atoms with van der Waals surface area (Å²) in [4.78, 5) is 5.06. The summed E-state index contributed by atoms with van der Waals surface area (Å²) in [5.41, 5.74) is 5.54. The summed E-state index contributed by atoms with van der Waals surface area (Å²) in [5.74, 6) is 0. The molecule has 0 saturated carbocycles. The van der Waals surface area contributed by atoms with Crippen LogP contribution in [0.1, 0.15) is 26.7 Å². The van der Waals surface area contributed by atoms with Gasteiger partial charge in [-0.1, -0.05) is 0 Å². The predicted octanol–water partition coefficient (Wildman–Crippen LogP) is 0.768. The maximum absolute atomic E-state index is 5.53. The van der Waals surface area contributed by atoms with E-state index in [-0.39, 0.29) is 5.60 Å². The van der Waals surface area contributed by atoms with Crippen molar-refractivity contribution in [2.24, 2.45) is 5.73 Å². The maximum Gasteiger partial charge on any atom is 0.0634 e. The SMILES string of the molecule is COC(C)(C)CCN1CCN(CCCN)CC1. The molecule has 0 aliphatic carbocycles. The fraction of sp³-hybridized carbons (Fsp3) is 1.00. The van der Waals surface area contributed by atoms with E-state index in [0.29, 0.717) is 0 Å². The molecule has 0 aromatic carbocycles. The van der Waals surface area contributed by atoms with Crippen LogP contribution in [0.4, 0.5) is 0 Å². The van der Waals surface area contributed by atoms with Gasteiger partial charge in [0.25, 0.3) is 0 Å². The minimum absolute atomic E-state index is 0.0106. The Morgan fingerprint density at radius 2 is 1.59 bits per heavy atom. The summed E-state index contributed by atoms with van der Waals surface area (Å²) in [5, 5.41) is 0. The van der Waals surface area contributed by atoms with Crippen LogP contribution in [0, 0.1) is 0 Å². The fourth-order valence-corrected chi connectivity index (χ4v) is 2.08. The van der Waals surface area contributed by atoms with Crippen molar-refractivity contribution in [1.82, 2.24) is 9.80 Å². The molecule has 4 heteroatoms. The number of rotatable bonds is 7. The number of hydrogen-bond donors (Lipinski definition) is 1. The van der Waals surface area contributed by atoms with Crippen molar-refractivity contribution in [2.45, 2.75) is 32.3 Å².